The molecule has 0 amide bonds. The van der Waals surface area contributed by atoms with E-state index in [1.54, 1.807) is 0 Å². The second kappa shape index (κ2) is 18.2. The zero-order chi connectivity index (χ0) is 28.8. The molecule has 0 saturated carbocycles. The summed E-state index contributed by atoms with van der Waals surface area (Å²) in [5.74, 6) is 0. The molecule has 4 rings (SSSR count). The summed E-state index contributed by atoms with van der Waals surface area (Å²) < 4.78 is 16.9. The monoisotopic (exact) mass is 826 g/mol. The second-order valence-corrected chi connectivity index (χ2v) is 25.0. The van der Waals surface area contributed by atoms with Crippen LogP contribution >= 0.6 is 188 Å². The molecule has 0 aliphatic carbocycles. The van der Waals surface area contributed by atoms with Gasteiger partial charge in [0, 0.05) is 11.1 Å². The van der Waals surface area contributed by atoms with Crippen LogP contribution < -0.4 is 0 Å². The predicted molar refractivity (Wildman–Crippen MR) is 227 cm³/mol. The molecule has 0 fully saturated rings. The van der Waals surface area contributed by atoms with E-state index in [2.05, 4.69) is 62.2 Å². The van der Waals surface area contributed by atoms with Gasteiger partial charge < -0.3 is 0 Å². The molecule has 0 aromatic rings. The van der Waals surface area contributed by atoms with E-state index in [1.165, 1.54) is 62.0 Å². The Balaban J connectivity index is 1.87. The van der Waals surface area contributed by atoms with E-state index in [9.17, 15) is 0 Å². The Hall–Kier alpha value is 3.52. The van der Waals surface area contributed by atoms with Crippen molar-refractivity contribution in [2.45, 2.75) is 0 Å². The van der Waals surface area contributed by atoms with E-state index in [0.717, 1.165) is 0 Å². The van der Waals surface area contributed by atoms with Crippen molar-refractivity contribution < 1.29 is 0 Å². The molecule has 218 valence electrons. The summed E-state index contributed by atoms with van der Waals surface area (Å²) in [5, 5.41) is 0. The molecule has 0 nitrogen and oxygen atoms in total. The Labute approximate surface area is 308 Å². The third-order valence-electron chi connectivity index (χ3n) is 4.92. The van der Waals surface area contributed by atoms with E-state index in [-0.39, 0.29) is 0 Å². The highest BCUT2D eigenvalue weighted by molar-refractivity contribution is 8.42. The van der Waals surface area contributed by atoms with Crippen molar-refractivity contribution in [3.63, 3.8) is 0 Å². The van der Waals surface area contributed by atoms with Gasteiger partial charge in [-0.25, -0.2) is 0 Å². The minimum Gasteiger partial charge on any atom is -0.121 e. The van der Waals surface area contributed by atoms with Crippen molar-refractivity contribution in [2.75, 3.05) is 50.0 Å². The summed E-state index contributed by atoms with van der Waals surface area (Å²) in [4.78, 5) is 0. The minimum atomic E-state index is 1.36. The van der Waals surface area contributed by atoms with Crippen LogP contribution in [0.25, 0.3) is 0 Å². The molecule has 0 atom stereocenters. The number of allylic oxidation sites excluding steroid dienone is 4. The van der Waals surface area contributed by atoms with Crippen molar-refractivity contribution in [1.82, 2.24) is 0 Å². The van der Waals surface area contributed by atoms with Crippen molar-refractivity contribution in [3.8, 4) is 0 Å². The molecule has 0 bridgehead atoms. The van der Waals surface area contributed by atoms with Crippen LogP contribution in [-0.2, 0) is 0 Å². The van der Waals surface area contributed by atoms with Gasteiger partial charge in [0.05, 0.1) is 50.8 Å². The van der Waals surface area contributed by atoms with Crippen molar-refractivity contribution >= 4 is 188 Å². The highest BCUT2D eigenvalue weighted by Gasteiger charge is 2.31. The Morgan fingerprint density at radius 2 is 0.550 bits per heavy atom. The van der Waals surface area contributed by atoms with Gasteiger partial charge >= 0.3 is 0 Å². The van der Waals surface area contributed by atoms with Gasteiger partial charge in [0.1, 0.15) is 0 Å². The second-order valence-electron chi connectivity index (χ2n) is 7.08. The van der Waals surface area contributed by atoms with Crippen LogP contribution in [0.1, 0.15) is 0 Å². The van der Waals surface area contributed by atoms with Crippen LogP contribution in [-0.4, -0.2) is 50.0 Å². The molecular weight excluding hydrogens is 801 g/mol. The molecule has 0 spiro atoms. The van der Waals surface area contributed by atoms with Crippen LogP contribution in [0.15, 0.2) is 74.1 Å². The van der Waals surface area contributed by atoms with E-state index in [4.69, 9.17) is 0 Å². The number of rotatable bonds is 11. The quantitative estimate of drug-likeness (QED) is 0.194. The van der Waals surface area contributed by atoms with Gasteiger partial charge in [-0.1, -0.05) is 94.1 Å². The summed E-state index contributed by atoms with van der Waals surface area (Å²) in [5.41, 5.74) is 2.72. The lowest BCUT2D eigenvalue weighted by molar-refractivity contribution is 1.58. The van der Waals surface area contributed by atoms with E-state index < -0.39 is 0 Å². The fourth-order valence-corrected chi connectivity index (χ4v) is 23.1. The largest absolute Gasteiger partial charge is 0.121 e. The van der Waals surface area contributed by atoms with E-state index in [1.807, 2.05) is 188 Å². The SMILES string of the molecule is CSC1=C(SC)SC(=CC(=C2SC(SC)=C(SC)S2)C(C=C2SC(SC)=C(SC)S2)=C2SC(SC)=C(SC)S2)S1. The van der Waals surface area contributed by atoms with Crippen LogP contribution in [0.2, 0.25) is 0 Å². The Morgan fingerprint density at radius 3 is 0.750 bits per heavy atom. The first-order valence-electron chi connectivity index (χ1n) is 11.1. The van der Waals surface area contributed by atoms with E-state index in [0.29, 0.717) is 0 Å². The molecular formula is C24H26S16. The molecule has 4 heterocycles. The molecule has 0 radical (unpaired) electrons. The number of hydrogen-bond donors (Lipinski definition) is 0. The molecule has 0 unspecified atom stereocenters. The molecule has 0 aromatic heterocycles. The third kappa shape index (κ3) is 8.90. The minimum absolute atomic E-state index is 1.36. The number of hydrogen-bond acceptors (Lipinski definition) is 16. The highest BCUT2D eigenvalue weighted by Crippen LogP contribution is 2.64. The Bertz CT molecular complexity index is 1110. The van der Waals surface area contributed by atoms with Gasteiger partial charge in [0.25, 0.3) is 0 Å². The van der Waals surface area contributed by atoms with Crippen LogP contribution in [0.5, 0.6) is 0 Å². The van der Waals surface area contributed by atoms with Gasteiger partial charge in [-0.15, -0.1) is 94.1 Å². The first-order chi connectivity index (χ1) is 19.4. The zero-order valence-electron chi connectivity index (χ0n) is 22.7. The summed E-state index contributed by atoms with van der Waals surface area (Å²) in [6.07, 6.45) is 22.6. The van der Waals surface area contributed by atoms with Crippen LogP contribution in [0.3, 0.4) is 0 Å². The molecule has 0 saturated heterocycles. The number of thioether (sulfide) groups is 16. The zero-order valence-corrected chi connectivity index (χ0v) is 35.8. The van der Waals surface area contributed by atoms with Crippen molar-refractivity contribution in [3.05, 3.63) is 74.1 Å². The average molecular weight is 828 g/mol. The molecule has 16 heteroatoms. The lowest BCUT2D eigenvalue weighted by Gasteiger charge is -2.14. The first-order valence-corrected chi connectivity index (χ1v) is 27.4. The van der Waals surface area contributed by atoms with Gasteiger partial charge in [-0.3, -0.25) is 0 Å². The lowest BCUT2D eigenvalue weighted by Crippen LogP contribution is -1.91. The predicted octanol–water partition coefficient (Wildman–Crippen LogP) is 14.4. The van der Waals surface area contributed by atoms with Crippen LogP contribution in [0.4, 0.5) is 0 Å². The summed E-state index contributed by atoms with van der Waals surface area (Å²) in [6, 6.07) is 0. The maximum atomic E-state index is 2.49. The summed E-state index contributed by atoms with van der Waals surface area (Å²) >= 11 is 30.5. The molecule has 0 N–H and O–H groups in total. The highest BCUT2D eigenvalue weighted by atomic mass is 32.3. The average Bonchev–Trinajstić information content (AvgIpc) is 3.77. The van der Waals surface area contributed by atoms with Gasteiger partial charge in [0.2, 0.25) is 0 Å². The first kappa shape index (κ1) is 36.4. The smallest absolute Gasteiger partial charge is 0.0657 e. The van der Waals surface area contributed by atoms with Crippen LogP contribution in [0, 0.1) is 0 Å². The molecule has 0 aromatic carbocycles. The molecule has 40 heavy (non-hydrogen) atoms. The normalized spacial score (nSPS) is 19.9. The maximum Gasteiger partial charge on any atom is 0.0657 e. The Kier molecular flexibility index (Phi) is 16.5. The lowest BCUT2D eigenvalue weighted by atomic mass is 10.1. The molecule has 4 aliphatic rings. The standard InChI is InChI=1S/C24H26S16/c1-25-17-18(26-2)34-13(33-17)9-11(15-37-21(29-5)22(30-6)38-15)12(16-39-23(31-7)24(32-8)40-16)10-14-35-19(27-3)20(28-4)36-14/h9-10H,1-8H3. The fraction of sp³-hybridized carbons (Fsp3) is 0.333. The fourth-order valence-electron chi connectivity index (χ4n) is 3.19. The van der Waals surface area contributed by atoms with Gasteiger partial charge in [0.15, 0.2) is 0 Å². The van der Waals surface area contributed by atoms with E-state index >= 15 is 0 Å². The third-order valence-corrected chi connectivity index (χ3v) is 25.6. The Morgan fingerprint density at radius 1 is 0.350 bits per heavy atom. The van der Waals surface area contributed by atoms with Gasteiger partial charge in [-0.05, 0) is 62.2 Å². The topological polar surface area (TPSA) is 0 Å². The van der Waals surface area contributed by atoms with Crippen molar-refractivity contribution in [2.24, 2.45) is 0 Å². The molecule has 4 aliphatic heterocycles. The van der Waals surface area contributed by atoms with Gasteiger partial charge in [-0.2, -0.15) is 0 Å². The summed E-state index contributed by atoms with van der Waals surface area (Å²) in [7, 11) is 0. The van der Waals surface area contributed by atoms with Crippen molar-refractivity contribution in [1.29, 1.82) is 0 Å². The maximum absolute atomic E-state index is 2.49. The summed E-state index contributed by atoms with van der Waals surface area (Å²) in [6.45, 7) is 0.